The minimum absolute atomic E-state index is 0.0767. The van der Waals surface area contributed by atoms with E-state index in [4.69, 9.17) is 0 Å². The average Bonchev–Trinajstić information content (AvgIpc) is 2.65. The number of phenols is 2. The molecule has 3 rings (SSSR count). The number of piperazine rings is 1. The van der Waals surface area contributed by atoms with Gasteiger partial charge in [0, 0.05) is 38.3 Å². The van der Waals surface area contributed by atoms with Gasteiger partial charge >= 0.3 is 0 Å². The van der Waals surface area contributed by atoms with Crippen molar-refractivity contribution in [2.24, 2.45) is 0 Å². The summed E-state index contributed by atoms with van der Waals surface area (Å²) in [5.74, 6) is -0.765. The largest absolute Gasteiger partial charge is 0.504 e. The summed E-state index contributed by atoms with van der Waals surface area (Å²) in [6, 6.07) is 8.29. The highest BCUT2D eigenvalue weighted by atomic mass is 32.2. The van der Waals surface area contributed by atoms with Gasteiger partial charge in [-0.05, 0) is 41.3 Å². The van der Waals surface area contributed by atoms with Crippen molar-refractivity contribution in [3.05, 3.63) is 53.3 Å². The molecule has 6 nitrogen and oxygen atoms in total. The lowest BCUT2D eigenvalue weighted by Gasteiger charge is -2.34. The van der Waals surface area contributed by atoms with Crippen molar-refractivity contribution in [3.63, 3.8) is 0 Å². The molecule has 1 heterocycles. The summed E-state index contributed by atoms with van der Waals surface area (Å²) in [6.45, 7) is 8.07. The Morgan fingerprint density at radius 2 is 1.59 bits per heavy atom. The lowest BCUT2D eigenvalue weighted by Crippen LogP contribution is -2.48. The van der Waals surface area contributed by atoms with Crippen LogP contribution in [0, 0.1) is 5.82 Å². The lowest BCUT2D eigenvalue weighted by molar-refractivity contribution is 0.179. The van der Waals surface area contributed by atoms with E-state index >= 15 is 0 Å². The molecule has 1 fully saturated rings. The number of halogens is 1. The van der Waals surface area contributed by atoms with Crippen LogP contribution >= 0.6 is 0 Å². The number of nitrogens with zero attached hydrogens (tertiary/aromatic N) is 2. The molecule has 2 aromatic rings. The predicted molar refractivity (Wildman–Crippen MR) is 109 cm³/mol. The monoisotopic (exact) mass is 422 g/mol. The minimum atomic E-state index is -3.67. The summed E-state index contributed by atoms with van der Waals surface area (Å²) in [6.07, 6.45) is 0. The van der Waals surface area contributed by atoms with Crippen molar-refractivity contribution in [2.45, 2.75) is 37.6 Å². The molecule has 0 bridgehead atoms. The number of phenolic OH excluding ortho intramolecular Hbond substituents is 2. The Morgan fingerprint density at radius 1 is 1.00 bits per heavy atom. The van der Waals surface area contributed by atoms with Gasteiger partial charge in [0.25, 0.3) is 0 Å². The Labute approximate surface area is 171 Å². The molecule has 0 spiro atoms. The van der Waals surface area contributed by atoms with E-state index < -0.39 is 15.8 Å². The van der Waals surface area contributed by atoms with E-state index in [0.717, 1.165) is 17.7 Å². The first kappa shape index (κ1) is 21.5. The molecule has 0 unspecified atom stereocenters. The summed E-state index contributed by atoms with van der Waals surface area (Å²) >= 11 is 0. The van der Waals surface area contributed by atoms with Crippen molar-refractivity contribution < 1.29 is 23.0 Å². The smallest absolute Gasteiger partial charge is 0.243 e. The van der Waals surface area contributed by atoms with Crippen molar-refractivity contribution in [2.75, 3.05) is 26.2 Å². The second kappa shape index (κ2) is 7.93. The molecule has 2 aromatic carbocycles. The van der Waals surface area contributed by atoms with Crippen LogP contribution in [0.3, 0.4) is 0 Å². The molecule has 1 aliphatic rings. The van der Waals surface area contributed by atoms with Gasteiger partial charge in [-0.3, -0.25) is 4.90 Å². The Hall–Kier alpha value is -2.16. The molecule has 2 N–H and O–H groups in total. The Balaban J connectivity index is 1.70. The van der Waals surface area contributed by atoms with Gasteiger partial charge in [-0.1, -0.05) is 26.8 Å². The van der Waals surface area contributed by atoms with Crippen LogP contribution in [0.25, 0.3) is 0 Å². The number of aromatic hydroxyl groups is 2. The molecule has 1 aliphatic heterocycles. The van der Waals surface area contributed by atoms with Crippen molar-refractivity contribution in [1.29, 1.82) is 0 Å². The van der Waals surface area contributed by atoms with E-state index in [1.807, 2.05) is 31.7 Å². The van der Waals surface area contributed by atoms with Crippen molar-refractivity contribution >= 4 is 10.0 Å². The highest BCUT2D eigenvalue weighted by Crippen LogP contribution is 2.36. The number of sulfonamides is 1. The maximum absolute atomic E-state index is 13.1. The molecule has 8 heteroatoms. The first-order valence-corrected chi connectivity index (χ1v) is 11.0. The van der Waals surface area contributed by atoms with Crippen LogP contribution in [0.4, 0.5) is 4.39 Å². The highest BCUT2D eigenvalue weighted by molar-refractivity contribution is 7.89. The number of rotatable bonds is 4. The van der Waals surface area contributed by atoms with Gasteiger partial charge in [0.1, 0.15) is 5.82 Å². The zero-order chi connectivity index (χ0) is 21.4. The van der Waals surface area contributed by atoms with Gasteiger partial charge in [-0.2, -0.15) is 4.31 Å². The van der Waals surface area contributed by atoms with Crippen LogP contribution in [-0.4, -0.2) is 54.0 Å². The molecule has 0 amide bonds. The third-order valence-electron chi connectivity index (χ3n) is 5.21. The van der Waals surface area contributed by atoms with Gasteiger partial charge in [-0.25, -0.2) is 12.8 Å². The molecule has 1 saturated heterocycles. The Kier molecular flexibility index (Phi) is 5.89. The Bertz CT molecular complexity index is 977. The second-order valence-corrected chi connectivity index (χ2v) is 10.3. The molecule has 29 heavy (non-hydrogen) atoms. The lowest BCUT2D eigenvalue weighted by atomic mass is 9.85. The maximum atomic E-state index is 13.1. The van der Waals surface area contributed by atoms with Crippen LogP contribution in [0.15, 0.2) is 41.3 Å². The average molecular weight is 423 g/mol. The van der Waals surface area contributed by atoms with Gasteiger partial charge < -0.3 is 10.2 Å². The quantitative estimate of drug-likeness (QED) is 0.741. The molecule has 0 aromatic heterocycles. The molecule has 0 saturated carbocycles. The second-order valence-electron chi connectivity index (χ2n) is 8.39. The number of hydrogen-bond acceptors (Lipinski definition) is 5. The van der Waals surface area contributed by atoms with Crippen LogP contribution in [0.2, 0.25) is 0 Å². The van der Waals surface area contributed by atoms with E-state index in [9.17, 15) is 23.0 Å². The van der Waals surface area contributed by atoms with Crippen LogP contribution in [0.5, 0.6) is 11.5 Å². The molecule has 158 valence electrons. The van der Waals surface area contributed by atoms with Gasteiger partial charge in [0.05, 0.1) is 4.90 Å². The topological polar surface area (TPSA) is 81.1 Å². The molecular formula is C21H27FN2O4S. The van der Waals surface area contributed by atoms with Crippen molar-refractivity contribution in [1.82, 2.24) is 9.21 Å². The fraction of sp³-hybridized carbons (Fsp3) is 0.429. The fourth-order valence-electron chi connectivity index (χ4n) is 3.36. The van der Waals surface area contributed by atoms with Crippen molar-refractivity contribution in [3.8, 4) is 11.5 Å². The van der Waals surface area contributed by atoms with E-state index in [-0.39, 0.29) is 21.8 Å². The maximum Gasteiger partial charge on any atom is 0.243 e. The van der Waals surface area contributed by atoms with Gasteiger partial charge in [0.15, 0.2) is 11.5 Å². The standard InChI is InChI=1S/C21H27FN2O4S/c1-21(2,3)16-12-15(20(26)19(25)13-16)14-23-8-10-24(11-9-23)29(27,28)18-6-4-17(22)5-7-18/h4-7,12-13,25-26H,8-11,14H2,1-3H3. The number of benzene rings is 2. The van der Waals surface area contributed by atoms with Crippen LogP contribution in [-0.2, 0) is 22.0 Å². The van der Waals surface area contributed by atoms with Gasteiger partial charge in [-0.15, -0.1) is 0 Å². The summed E-state index contributed by atoms with van der Waals surface area (Å²) in [7, 11) is -3.67. The van der Waals surface area contributed by atoms with Crippen LogP contribution in [0.1, 0.15) is 31.9 Å². The summed E-state index contributed by atoms with van der Waals surface area (Å²) in [4.78, 5) is 2.12. The normalized spacial score (nSPS) is 16.8. The summed E-state index contributed by atoms with van der Waals surface area (Å²) < 4.78 is 39.9. The molecular weight excluding hydrogens is 395 g/mol. The highest BCUT2D eigenvalue weighted by Gasteiger charge is 2.29. The molecule has 0 radical (unpaired) electrons. The first-order chi connectivity index (χ1) is 13.5. The van der Waals surface area contributed by atoms with Gasteiger partial charge in [0.2, 0.25) is 10.0 Å². The molecule has 0 aliphatic carbocycles. The third-order valence-corrected chi connectivity index (χ3v) is 7.12. The fourth-order valence-corrected chi connectivity index (χ4v) is 4.78. The zero-order valence-electron chi connectivity index (χ0n) is 16.9. The summed E-state index contributed by atoms with van der Waals surface area (Å²) in [5, 5.41) is 20.3. The number of hydrogen-bond donors (Lipinski definition) is 2. The molecule has 0 atom stereocenters. The first-order valence-electron chi connectivity index (χ1n) is 9.52. The third kappa shape index (κ3) is 4.71. The zero-order valence-corrected chi connectivity index (χ0v) is 17.7. The summed E-state index contributed by atoms with van der Waals surface area (Å²) in [5.41, 5.74) is 1.35. The van der Waals surface area contributed by atoms with E-state index in [1.54, 1.807) is 6.07 Å². The minimum Gasteiger partial charge on any atom is -0.504 e. The Morgan fingerprint density at radius 3 is 2.14 bits per heavy atom. The van der Waals surface area contributed by atoms with E-state index in [2.05, 4.69) is 0 Å². The predicted octanol–water partition coefficient (Wildman–Crippen LogP) is 3.04. The van der Waals surface area contributed by atoms with Crippen LogP contribution < -0.4 is 0 Å². The SMILES string of the molecule is CC(C)(C)c1cc(O)c(O)c(CN2CCN(S(=O)(=O)c3ccc(F)cc3)CC2)c1. The van der Waals surface area contributed by atoms with E-state index in [0.29, 0.717) is 38.3 Å². The van der Waals surface area contributed by atoms with E-state index in [1.165, 1.54) is 16.4 Å².